The van der Waals surface area contributed by atoms with E-state index in [0.717, 1.165) is 6.42 Å². The summed E-state index contributed by atoms with van der Waals surface area (Å²) in [6, 6.07) is 2.60. The zero-order chi connectivity index (χ0) is 17.9. The number of carboxylic acid groups (broad SMARTS) is 1. The Morgan fingerprint density at radius 1 is 1.38 bits per heavy atom. The average Bonchev–Trinajstić information content (AvgIpc) is 2.42. The molecule has 1 saturated heterocycles. The minimum Gasteiger partial charge on any atom is -0.477 e. The Bertz CT molecular complexity index is 636. The predicted molar refractivity (Wildman–Crippen MR) is 85.8 cm³/mol. The van der Waals surface area contributed by atoms with Crippen LogP contribution in [0, 0.1) is 0 Å². The van der Waals surface area contributed by atoms with Gasteiger partial charge in [0.1, 0.15) is 11.3 Å². The topological polar surface area (TPSA) is 109 Å². The van der Waals surface area contributed by atoms with Crippen molar-refractivity contribution in [3.63, 3.8) is 0 Å². The van der Waals surface area contributed by atoms with Crippen LogP contribution in [0.15, 0.2) is 18.3 Å². The van der Waals surface area contributed by atoms with Crippen LogP contribution in [0.5, 0.6) is 0 Å². The van der Waals surface area contributed by atoms with Gasteiger partial charge in [0.15, 0.2) is 0 Å². The number of carbonyl (C=O) groups excluding carboxylic acids is 2. The van der Waals surface area contributed by atoms with Gasteiger partial charge >= 0.3 is 12.1 Å². The summed E-state index contributed by atoms with van der Waals surface area (Å²) < 4.78 is 5.30. The number of rotatable bonds is 4. The van der Waals surface area contributed by atoms with E-state index >= 15 is 0 Å². The minimum atomic E-state index is -1.13. The van der Waals surface area contributed by atoms with Crippen LogP contribution in [0.25, 0.3) is 0 Å². The second-order valence-corrected chi connectivity index (χ2v) is 6.61. The Labute approximate surface area is 139 Å². The molecule has 0 aliphatic carbocycles. The molecule has 130 valence electrons. The van der Waals surface area contributed by atoms with Crippen molar-refractivity contribution in [2.75, 3.05) is 11.9 Å². The van der Waals surface area contributed by atoms with Crippen molar-refractivity contribution in [2.24, 2.45) is 0 Å². The third kappa shape index (κ3) is 4.68. The standard InChI is InChI=1S/C16H21N3O5/c1-16(2,3)24-15(23)19-7-6-11(19)8-13(20)18-10-4-5-12(14(21)22)17-9-10/h4-5,9,11H,6-8H2,1-3H3,(H,18,20)(H,21,22). The second kappa shape index (κ2) is 6.86. The monoisotopic (exact) mass is 335 g/mol. The van der Waals surface area contributed by atoms with Gasteiger partial charge in [0, 0.05) is 19.0 Å². The lowest BCUT2D eigenvalue weighted by Crippen LogP contribution is -2.53. The molecule has 1 atom stereocenters. The first-order valence-corrected chi connectivity index (χ1v) is 7.64. The summed E-state index contributed by atoms with van der Waals surface area (Å²) in [6.07, 6.45) is 1.76. The smallest absolute Gasteiger partial charge is 0.410 e. The molecule has 2 heterocycles. The summed E-state index contributed by atoms with van der Waals surface area (Å²) in [5, 5.41) is 11.4. The number of pyridine rings is 1. The fourth-order valence-corrected chi connectivity index (χ4v) is 2.23. The highest BCUT2D eigenvalue weighted by molar-refractivity contribution is 5.92. The molecule has 1 aromatic heterocycles. The van der Waals surface area contributed by atoms with Crippen molar-refractivity contribution in [3.8, 4) is 0 Å². The molecule has 8 nitrogen and oxygen atoms in total. The van der Waals surface area contributed by atoms with E-state index in [1.807, 2.05) is 0 Å². The Kier molecular flexibility index (Phi) is 5.06. The quantitative estimate of drug-likeness (QED) is 0.872. The van der Waals surface area contributed by atoms with Crippen molar-refractivity contribution in [2.45, 2.75) is 45.3 Å². The zero-order valence-corrected chi connectivity index (χ0v) is 13.9. The van der Waals surface area contributed by atoms with Crippen LogP contribution in [-0.4, -0.2) is 51.1 Å². The van der Waals surface area contributed by atoms with Crippen molar-refractivity contribution < 1.29 is 24.2 Å². The molecule has 1 unspecified atom stereocenters. The molecule has 8 heteroatoms. The summed E-state index contributed by atoms with van der Waals surface area (Å²) in [5.74, 6) is -1.39. The summed E-state index contributed by atoms with van der Waals surface area (Å²) in [7, 11) is 0. The molecule has 2 amide bonds. The summed E-state index contributed by atoms with van der Waals surface area (Å²) in [5.41, 5.74) is -0.256. The molecule has 1 fully saturated rings. The fraction of sp³-hybridized carbons (Fsp3) is 0.500. The number of nitrogens with one attached hydrogen (secondary N) is 1. The van der Waals surface area contributed by atoms with Crippen LogP contribution in [0.3, 0.4) is 0 Å². The van der Waals surface area contributed by atoms with E-state index < -0.39 is 17.7 Å². The summed E-state index contributed by atoms with van der Waals surface area (Å²) in [6.45, 7) is 5.95. The van der Waals surface area contributed by atoms with Gasteiger partial charge in [-0.2, -0.15) is 0 Å². The molecule has 0 radical (unpaired) electrons. The predicted octanol–water partition coefficient (Wildman–Crippen LogP) is 2.12. The van der Waals surface area contributed by atoms with Crippen LogP contribution < -0.4 is 5.32 Å². The number of carboxylic acids is 1. The van der Waals surface area contributed by atoms with E-state index in [4.69, 9.17) is 9.84 Å². The van der Waals surface area contributed by atoms with Gasteiger partial charge in [-0.25, -0.2) is 14.6 Å². The SMILES string of the molecule is CC(C)(C)OC(=O)N1CCC1CC(=O)Nc1ccc(C(=O)O)nc1. The van der Waals surface area contributed by atoms with Gasteiger partial charge in [-0.15, -0.1) is 0 Å². The number of anilines is 1. The molecule has 0 saturated carbocycles. The van der Waals surface area contributed by atoms with Crippen LogP contribution in [0.1, 0.15) is 44.1 Å². The molecule has 0 bridgehead atoms. The first-order chi connectivity index (χ1) is 11.2. The number of ether oxygens (including phenoxy) is 1. The van der Waals surface area contributed by atoms with Crippen LogP contribution in [0.4, 0.5) is 10.5 Å². The highest BCUT2D eigenvalue weighted by Crippen LogP contribution is 2.24. The van der Waals surface area contributed by atoms with Gasteiger partial charge in [0.25, 0.3) is 0 Å². The minimum absolute atomic E-state index is 0.0944. The van der Waals surface area contributed by atoms with Gasteiger partial charge in [0.05, 0.1) is 11.9 Å². The van der Waals surface area contributed by atoms with E-state index in [1.165, 1.54) is 23.2 Å². The number of likely N-dealkylation sites (tertiary alicyclic amines) is 1. The highest BCUT2D eigenvalue weighted by Gasteiger charge is 2.36. The number of nitrogens with zero attached hydrogens (tertiary/aromatic N) is 2. The maximum Gasteiger partial charge on any atom is 0.410 e. The van der Waals surface area contributed by atoms with E-state index in [1.54, 1.807) is 20.8 Å². The molecule has 24 heavy (non-hydrogen) atoms. The van der Waals surface area contributed by atoms with Crippen LogP contribution in [0.2, 0.25) is 0 Å². The lowest BCUT2D eigenvalue weighted by Gasteiger charge is -2.41. The lowest BCUT2D eigenvalue weighted by atomic mass is 10.00. The molecule has 2 rings (SSSR count). The van der Waals surface area contributed by atoms with Crippen LogP contribution in [-0.2, 0) is 9.53 Å². The molecule has 0 aromatic carbocycles. The van der Waals surface area contributed by atoms with Gasteiger partial charge in [-0.1, -0.05) is 0 Å². The number of carbonyl (C=O) groups is 3. The summed E-state index contributed by atoms with van der Waals surface area (Å²) >= 11 is 0. The third-order valence-corrected chi connectivity index (χ3v) is 3.46. The largest absolute Gasteiger partial charge is 0.477 e. The molecular weight excluding hydrogens is 314 g/mol. The van der Waals surface area contributed by atoms with Crippen molar-refractivity contribution in [3.05, 3.63) is 24.0 Å². The van der Waals surface area contributed by atoms with Gasteiger partial charge in [-0.05, 0) is 39.3 Å². The molecule has 1 aliphatic rings. The van der Waals surface area contributed by atoms with E-state index in [9.17, 15) is 14.4 Å². The van der Waals surface area contributed by atoms with E-state index in [-0.39, 0.29) is 24.1 Å². The van der Waals surface area contributed by atoms with Gasteiger partial charge in [-0.3, -0.25) is 4.79 Å². The van der Waals surface area contributed by atoms with Crippen molar-refractivity contribution >= 4 is 23.7 Å². The summed E-state index contributed by atoms with van der Waals surface area (Å²) in [4.78, 5) is 40.0. The average molecular weight is 335 g/mol. The maximum atomic E-state index is 12.1. The number of hydrogen-bond acceptors (Lipinski definition) is 5. The highest BCUT2D eigenvalue weighted by atomic mass is 16.6. The first-order valence-electron chi connectivity index (χ1n) is 7.64. The molecule has 0 spiro atoms. The maximum absolute atomic E-state index is 12.1. The molecule has 2 N–H and O–H groups in total. The Morgan fingerprint density at radius 2 is 2.08 bits per heavy atom. The first kappa shape index (κ1) is 17.7. The van der Waals surface area contributed by atoms with Crippen molar-refractivity contribution in [1.82, 2.24) is 9.88 Å². The second-order valence-electron chi connectivity index (χ2n) is 6.61. The molecule has 1 aromatic rings. The van der Waals surface area contributed by atoms with Gasteiger partial charge in [0.2, 0.25) is 5.91 Å². The number of aromatic nitrogens is 1. The van der Waals surface area contributed by atoms with Crippen LogP contribution >= 0.6 is 0 Å². The fourth-order valence-electron chi connectivity index (χ4n) is 2.23. The Balaban J connectivity index is 1.86. The molecule has 1 aliphatic heterocycles. The molecular formula is C16H21N3O5. The van der Waals surface area contributed by atoms with E-state index in [2.05, 4.69) is 10.3 Å². The lowest BCUT2D eigenvalue weighted by molar-refractivity contribution is -0.118. The number of aromatic carboxylic acids is 1. The van der Waals surface area contributed by atoms with Gasteiger partial charge < -0.3 is 20.1 Å². The third-order valence-electron chi connectivity index (χ3n) is 3.46. The van der Waals surface area contributed by atoms with E-state index in [0.29, 0.717) is 12.2 Å². The Morgan fingerprint density at radius 3 is 2.54 bits per heavy atom. The number of hydrogen-bond donors (Lipinski definition) is 2. The normalized spacial score (nSPS) is 17.0. The van der Waals surface area contributed by atoms with Crippen molar-refractivity contribution in [1.29, 1.82) is 0 Å². The Hall–Kier alpha value is -2.64. The zero-order valence-electron chi connectivity index (χ0n) is 13.9. The number of amides is 2.